The van der Waals surface area contributed by atoms with Crippen molar-refractivity contribution >= 4 is 27.3 Å². The maximum absolute atomic E-state index is 13.8. The second kappa shape index (κ2) is 9.17. The number of amides is 1. The van der Waals surface area contributed by atoms with E-state index in [9.17, 15) is 17.6 Å². The molecule has 0 aliphatic rings. The summed E-state index contributed by atoms with van der Waals surface area (Å²) in [4.78, 5) is 12.3. The fourth-order valence-electron chi connectivity index (χ4n) is 2.84. The molecule has 31 heavy (non-hydrogen) atoms. The molecule has 2 N–H and O–H groups in total. The first-order valence-electron chi connectivity index (χ1n) is 9.31. The summed E-state index contributed by atoms with van der Waals surface area (Å²) in [6.07, 6.45) is 0.996. The van der Waals surface area contributed by atoms with Crippen LogP contribution in [0.1, 0.15) is 22.6 Å². The average Bonchev–Trinajstić information content (AvgIpc) is 3.00. The van der Waals surface area contributed by atoms with Gasteiger partial charge in [0.1, 0.15) is 23.9 Å². The number of carbonyl (C=O) groups is 1. The Hall–Kier alpha value is -3.40. The molecule has 1 heterocycles. The Bertz CT molecular complexity index is 1170. The lowest BCUT2D eigenvalue weighted by Crippen LogP contribution is -2.15. The molecule has 2 aromatic carbocycles. The summed E-state index contributed by atoms with van der Waals surface area (Å²) >= 11 is 0. The Balaban J connectivity index is 1.58. The van der Waals surface area contributed by atoms with Crippen LogP contribution in [0, 0.1) is 19.7 Å². The van der Waals surface area contributed by atoms with Gasteiger partial charge in [0, 0.05) is 5.69 Å². The molecule has 0 bridgehead atoms. The predicted octanol–water partition coefficient (Wildman–Crippen LogP) is 3.56. The molecule has 1 amide bonds. The fraction of sp³-hybridized carbons (Fsp3) is 0.238. The van der Waals surface area contributed by atoms with E-state index in [1.54, 1.807) is 24.3 Å². The highest BCUT2D eigenvalue weighted by atomic mass is 32.2. The molecule has 0 fully saturated rings. The van der Waals surface area contributed by atoms with Crippen molar-refractivity contribution in [3.05, 3.63) is 70.9 Å². The third-order valence-electron chi connectivity index (χ3n) is 4.40. The van der Waals surface area contributed by atoms with Gasteiger partial charge in [0.05, 0.1) is 29.6 Å². The molecule has 8 nitrogen and oxygen atoms in total. The van der Waals surface area contributed by atoms with E-state index in [-0.39, 0.29) is 23.7 Å². The maximum Gasteiger partial charge on any atom is 0.229 e. The third-order valence-corrected chi connectivity index (χ3v) is 4.99. The van der Waals surface area contributed by atoms with Crippen molar-refractivity contribution in [3.8, 4) is 5.75 Å². The first-order valence-corrected chi connectivity index (χ1v) is 11.2. The summed E-state index contributed by atoms with van der Waals surface area (Å²) in [5.41, 5.74) is 2.46. The van der Waals surface area contributed by atoms with Gasteiger partial charge in [-0.3, -0.25) is 9.52 Å². The number of nitrogens with zero attached hydrogens (tertiary/aromatic N) is 1. The van der Waals surface area contributed by atoms with Crippen LogP contribution in [0.5, 0.6) is 5.75 Å². The monoisotopic (exact) mass is 447 g/mol. The highest BCUT2D eigenvalue weighted by Gasteiger charge is 2.12. The number of aromatic nitrogens is 1. The van der Waals surface area contributed by atoms with Crippen LogP contribution in [0.2, 0.25) is 0 Å². The molecule has 10 heteroatoms. The van der Waals surface area contributed by atoms with E-state index in [0.29, 0.717) is 18.1 Å². The molecule has 0 aliphatic carbocycles. The number of ether oxygens (including phenoxy) is 1. The number of aryl methyl sites for hydroxylation is 2. The lowest BCUT2D eigenvalue weighted by molar-refractivity contribution is -0.115. The van der Waals surface area contributed by atoms with Crippen LogP contribution in [0.25, 0.3) is 0 Å². The standard InChI is InChI=1S/C21H22FN3O5S/c1-13-18(14(2)30-24-13)12-29-17-7-4-15(5-8-17)10-21(26)23-16-6-9-19(22)20(11-16)25-31(3,27)28/h4-9,11,25H,10,12H2,1-3H3,(H,23,26). The van der Waals surface area contributed by atoms with Crippen LogP contribution in [0.3, 0.4) is 0 Å². The van der Waals surface area contributed by atoms with E-state index < -0.39 is 15.8 Å². The van der Waals surface area contributed by atoms with Crippen LogP contribution >= 0.6 is 0 Å². The summed E-state index contributed by atoms with van der Waals surface area (Å²) in [5, 5.41) is 6.51. The number of benzene rings is 2. The van der Waals surface area contributed by atoms with Gasteiger partial charge in [0.25, 0.3) is 0 Å². The molecule has 0 atom stereocenters. The lowest BCUT2D eigenvalue weighted by atomic mass is 10.1. The Kier molecular flexibility index (Phi) is 6.59. The van der Waals surface area contributed by atoms with Crippen molar-refractivity contribution in [1.82, 2.24) is 5.16 Å². The van der Waals surface area contributed by atoms with Crippen LogP contribution < -0.4 is 14.8 Å². The van der Waals surface area contributed by atoms with Crippen LogP contribution in [0.4, 0.5) is 15.8 Å². The average molecular weight is 447 g/mol. The molecular weight excluding hydrogens is 425 g/mol. The molecule has 164 valence electrons. The molecule has 0 saturated heterocycles. The van der Waals surface area contributed by atoms with E-state index in [4.69, 9.17) is 9.26 Å². The number of halogens is 1. The Morgan fingerprint density at radius 1 is 1.16 bits per heavy atom. The minimum Gasteiger partial charge on any atom is -0.489 e. The zero-order valence-corrected chi connectivity index (χ0v) is 18.0. The molecule has 0 spiro atoms. The van der Waals surface area contributed by atoms with E-state index in [1.165, 1.54) is 12.1 Å². The third kappa shape index (κ3) is 6.29. The molecular formula is C21H22FN3O5S. The quantitative estimate of drug-likeness (QED) is 0.546. The summed E-state index contributed by atoms with van der Waals surface area (Å²) in [6, 6.07) is 10.7. The normalized spacial score (nSPS) is 11.2. The van der Waals surface area contributed by atoms with Gasteiger partial charge in [-0.05, 0) is 49.7 Å². The Labute approximate surface area is 179 Å². The number of rotatable bonds is 8. The molecule has 0 aliphatic heterocycles. The van der Waals surface area contributed by atoms with Crippen molar-refractivity contribution in [1.29, 1.82) is 0 Å². The van der Waals surface area contributed by atoms with Gasteiger partial charge in [-0.15, -0.1) is 0 Å². The minimum atomic E-state index is -3.64. The Morgan fingerprint density at radius 3 is 2.48 bits per heavy atom. The van der Waals surface area contributed by atoms with Gasteiger partial charge in [-0.25, -0.2) is 12.8 Å². The van der Waals surface area contributed by atoms with Gasteiger partial charge in [0.2, 0.25) is 15.9 Å². The van der Waals surface area contributed by atoms with E-state index >= 15 is 0 Å². The van der Waals surface area contributed by atoms with Gasteiger partial charge in [-0.2, -0.15) is 0 Å². The zero-order valence-electron chi connectivity index (χ0n) is 17.2. The first-order chi connectivity index (χ1) is 14.6. The van der Waals surface area contributed by atoms with Crippen molar-refractivity contribution < 1.29 is 26.9 Å². The van der Waals surface area contributed by atoms with Gasteiger partial charge < -0.3 is 14.6 Å². The number of nitrogens with one attached hydrogen (secondary N) is 2. The fourth-order valence-corrected chi connectivity index (χ4v) is 3.39. The number of hydrogen-bond donors (Lipinski definition) is 2. The highest BCUT2D eigenvalue weighted by Crippen LogP contribution is 2.21. The largest absolute Gasteiger partial charge is 0.489 e. The van der Waals surface area contributed by atoms with Crippen molar-refractivity contribution in [2.24, 2.45) is 0 Å². The summed E-state index contributed by atoms with van der Waals surface area (Å²) in [6.45, 7) is 4.00. The molecule has 0 saturated carbocycles. The summed E-state index contributed by atoms with van der Waals surface area (Å²) < 4.78 is 49.3. The Morgan fingerprint density at radius 2 is 1.87 bits per heavy atom. The first kappa shape index (κ1) is 22.3. The second-order valence-electron chi connectivity index (χ2n) is 7.03. The number of carbonyl (C=O) groups excluding carboxylic acids is 1. The summed E-state index contributed by atoms with van der Waals surface area (Å²) in [7, 11) is -3.64. The summed E-state index contributed by atoms with van der Waals surface area (Å²) in [5.74, 6) is 0.276. The van der Waals surface area contributed by atoms with Crippen LogP contribution in [-0.2, 0) is 27.8 Å². The molecule has 3 aromatic rings. The van der Waals surface area contributed by atoms with Crippen molar-refractivity contribution in [2.45, 2.75) is 26.9 Å². The van der Waals surface area contributed by atoms with E-state index in [2.05, 4.69) is 15.2 Å². The second-order valence-corrected chi connectivity index (χ2v) is 8.78. The zero-order chi connectivity index (χ0) is 22.6. The molecule has 0 radical (unpaired) electrons. The molecule has 0 unspecified atom stereocenters. The highest BCUT2D eigenvalue weighted by molar-refractivity contribution is 7.92. The predicted molar refractivity (Wildman–Crippen MR) is 114 cm³/mol. The van der Waals surface area contributed by atoms with Gasteiger partial charge in [-0.1, -0.05) is 17.3 Å². The SMILES string of the molecule is Cc1noc(C)c1COc1ccc(CC(=O)Nc2ccc(F)c(NS(C)(=O)=O)c2)cc1. The maximum atomic E-state index is 13.8. The number of hydrogen-bond acceptors (Lipinski definition) is 6. The minimum absolute atomic E-state index is 0.0797. The van der Waals surface area contributed by atoms with E-state index in [0.717, 1.165) is 29.1 Å². The van der Waals surface area contributed by atoms with Crippen molar-refractivity contribution in [3.63, 3.8) is 0 Å². The lowest BCUT2D eigenvalue weighted by Gasteiger charge is -2.10. The topological polar surface area (TPSA) is 111 Å². The molecule has 1 aromatic heterocycles. The van der Waals surface area contributed by atoms with Crippen LogP contribution in [-0.4, -0.2) is 25.7 Å². The van der Waals surface area contributed by atoms with E-state index in [1.807, 2.05) is 13.8 Å². The molecule has 3 rings (SSSR count). The number of anilines is 2. The van der Waals surface area contributed by atoms with Crippen molar-refractivity contribution in [2.75, 3.05) is 16.3 Å². The van der Waals surface area contributed by atoms with Crippen LogP contribution in [0.15, 0.2) is 47.0 Å². The number of sulfonamides is 1. The van der Waals surface area contributed by atoms with Gasteiger partial charge in [0.15, 0.2) is 0 Å². The van der Waals surface area contributed by atoms with Gasteiger partial charge >= 0.3 is 0 Å². The smallest absolute Gasteiger partial charge is 0.229 e.